The lowest BCUT2D eigenvalue weighted by atomic mass is 10.5. The second-order valence-corrected chi connectivity index (χ2v) is 1.10. The van der Waals surface area contributed by atoms with Crippen LogP contribution in [0.25, 0.3) is 0 Å². The van der Waals surface area contributed by atoms with E-state index in [9.17, 15) is 0 Å². The molecule has 0 aromatic heterocycles. The van der Waals surface area contributed by atoms with Gasteiger partial charge in [0.2, 0.25) is 0 Å². The summed E-state index contributed by atoms with van der Waals surface area (Å²) in [5.41, 5.74) is 4.88. The van der Waals surface area contributed by atoms with Crippen molar-refractivity contribution in [3.63, 3.8) is 0 Å². The van der Waals surface area contributed by atoms with Crippen molar-refractivity contribution in [1.29, 1.82) is 5.26 Å². The number of nitriles is 1. The lowest BCUT2D eigenvalue weighted by Gasteiger charge is -1.82. The van der Waals surface area contributed by atoms with Gasteiger partial charge in [0.25, 0.3) is 0 Å². The molecule has 0 fully saturated rings. The third-order valence-corrected chi connectivity index (χ3v) is 0.476. The van der Waals surface area contributed by atoms with Crippen LogP contribution in [0.15, 0.2) is 5.16 Å². The summed E-state index contributed by atoms with van der Waals surface area (Å²) in [6, 6.07) is 1.44. The van der Waals surface area contributed by atoms with Crippen LogP contribution >= 0.6 is 0 Å². The normalized spacial score (nSPS) is 17.9. The van der Waals surface area contributed by atoms with Crippen molar-refractivity contribution in [2.75, 3.05) is 0 Å². The fourth-order valence-electron chi connectivity index (χ4n) is 0.0500. The Bertz CT molecular complexity index is 235. The number of rotatable bonds is 1. The summed E-state index contributed by atoms with van der Waals surface area (Å²) in [6.45, 7) is 2.43. The molecule has 4 nitrogen and oxygen atoms in total. The number of hydrogen-bond acceptors (Lipinski definition) is 3. The Morgan fingerprint density at radius 1 is 1.90 bits per heavy atom. The minimum Gasteiger partial charge on any atom is -0.409 e. The van der Waals surface area contributed by atoms with Gasteiger partial charge in [-0.2, -0.15) is 5.26 Å². The van der Waals surface area contributed by atoms with Crippen LogP contribution in [-0.4, -0.2) is 11.0 Å². The van der Waals surface area contributed by atoms with Crippen LogP contribution in [0, 0.1) is 11.3 Å². The molecule has 0 aliphatic heterocycles. The number of nitrogens with zero attached hydrogens (tertiary/aromatic N) is 2. The van der Waals surface area contributed by atoms with Gasteiger partial charge in [-0.1, -0.05) is 19.0 Å². The molecule has 0 aromatic rings. The first-order valence-corrected chi connectivity index (χ1v) is 2.44. The number of oxime groups is 1. The van der Waals surface area contributed by atoms with Gasteiger partial charge in [0.15, 0.2) is 0 Å². The Labute approximate surface area is 66.6 Å². The minimum atomic E-state index is -1.71. The van der Waals surface area contributed by atoms with E-state index in [1.54, 1.807) is 0 Å². The zero-order chi connectivity index (χ0) is 12.0. The molecule has 0 radical (unpaired) electrons. The molecule has 0 spiro atoms. The molecule has 0 amide bonds. The van der Waals surface area contributed by atoms with Crippen LogP contribution in [0.4, 0.5) is 0 Å². The van der Waals surface area contributed by atoms with Crippen molar-refractivity contribution in [2.45, 2.75) is 26.6 Å². The van der Waals surface area contributed by atoms with Crippen molar-refractivity contribution < 1.29 is 10.7 Å². The van der Waals surface area contributed by atoms with Gasteiger partial charge >= 0.3 is 0 Å². The van der Waals surface area contributed by atoms with E-state index in [0.29, 0.717) is 0 Å². The minimum absolute atomic E-state index is 0.405. The zero-order valence-corrected chi connectivity index (χ0v) is 5.92. The molecule has 10 heavy (non-hydrogen) atoms. The molecular formula is C6H13N3O. The van der Waals surface area contributed by atoms with E-state index < -0.39 is 18.6 Å². The number of nitrogens with two attached hydrogens (primary N) is 1. The summed E-state index contributed by atoms with van der Waals surface area (Å²) >= 11 is 0. The molecule has 0 saturated carbocycles. The monoisotopic (exact) mass is 147 g/mol. The summed E-state index contributed by atoms with van der Waals surface area (Å²) in [7, 11) is 0. The van der Waals surface area contributed by atoms with Gasteiger partial charge in [-0.15, -0.1) is 0 Å². The highest BCUT2D eigenvalue weighted by Gasteiger charge is 1.78. The van der Waals surface area contributed by atoms with Crippen LogP contribution < -0.4 is 5.73 Å². The predicted molar refractivity (Wildman–Crippen MR) is 39.6 cm³/mol. The Hall–Kier alpha value is -1.24. The molecular weight excluding hydrogens is 130 g/mol. The Kier molecular flexibility index (Phi) is 4.87. The third kappa shape index (κ3) is 15.9. The Balaban J connectivity index is 0. The van der Waals surface area contributed by atoms with E-state index in [-0.39, 0.29) is 0 Å². The summed E-state index contributed by atoms with van der Waals surface area (Å²) < 4.78 is 26.5. The van der Waals surface area contributed by atoms with Crippen LogP contribution in [0.1, 0.15) is 32.1 Å². The van der Waals surface area contributed by atoms with Crippen molar-refractivity contribution in [2.24, 2.45) is 10.9 Å². The summed E-state index contributed by atoms with van der Waals surface area (Å²) in [4.78, 5) is 0. The molecule has 0 aromatic carbocycles. The van der Waals surface area contributed by atoms with E-state index in [4.69, 9.17) is 21.7 Å². The van der Waals surface area contributed by atoms with Gasteiger partial charge in [-0.25, -0.2) is 0 Å². The molecule has 0 atom stereocenters. The van der Waals surface area contributed by atoms with Gasteiger partial charge in [0, 0.05) is 18.2 Å². The molecule has 0 rings (SSSR count). The largest absolute Gasteiger partial charge is 0.409 e. The Morgan fingerprint density at radius 3 is 2.30 bits per heavy atom. The number of hydrogen-bond donors (Lipinski definition) is 2. The standard InChI is InChI=1S/C3H8N2O.C3H5N/c1-2-3(4)5-6;1-2-3-4/h6H,2H2,1H3,(H2,4,5);2H2,1H3/i2*2D2. The van der Waals surface area contributed by atoms with Gasteiger partial charge in [0.05, 0.1) is 6.07 Å². The van der Waals surface area contributed by atoms with Crippen molar-refractivity contribution in [1.82, 2.24) is 0 Å². The van der Waals surface area contributed by atoms with E-state index >= 15 is 0 Å². The van der Waals surface area contributed by atoms with Gasteiger partial charge in [-0.05, 0) is 0 Å². The molecule has 0 heterocycles. The molecule has 0 bridgehead atoms. The smallest absolute Gasteiger partial charge is 0.138 e. The van der Waals surface area contributed by atoms with E-state index in [1.165, 1.54) is 19.9 Å². The van der Waals surface area contributed by atoms with Gasteiger partial charge in [0.1, 0.15) is 5.84 Å². The first-order valence-electron chi connectivity index (χ1n) is 4.44. The van der Waals surface area contributed by atoms with E-state index in [1.807, 2.05) is 0 Å². The van der Waals surface area contributed by atoms with Crippen LogP contribution in [0.3, 0.4) is 0 Å². The zero-order valence-electron chi connectivity index (χ0n) is 9.92. The molecule has 3 N–H and O–H groups in total. The highest BCUT2D eigenvalue weighted by molar-refractivity contribution is 5.79. The molecule has 0 aliphatic rings. The lowest BCUT2D eigenvalue weighted by Crippen LogP contribution is -2.08. The van der Waals surface area contributed by atoms with Crippen molar-refractivity contribution >= 4 is 5.84 Å². The maximum absolute atomic E-state index is 7.89. The predicted octanol–water partition coefficient (Wildman–Crippen LogP) is 1.06. The van der Waals surface area contributed by atoms with Gasteiger partial charge < -0.3 is 10.9 Å². The Morgan fingerprint density at radius 2 is 2.30 bits per heavy atom. The van der Waals surface area contributed by atoms with E-state index in [2.05, 4.69) is 5.16 Å². The van der Waals surface area contributed by atoms with Crippen LogP contribution in [0.2, 0.25) is 0 Å². The topological polar surface area (TPSA) is 82.4 Å². The maximum atomic E-state index is 7.89. The molecule has 0 aliphatic carbocycles. The molecule has 0 saturated heterocycles. The average Bonchev–Trinajstić information content (AvgIpc) is 2.01. The summed E-state index contributed by atoms with van der Waals surface area (Å²) in [6.07, 6.45) is -3.37. The molecule has 0 unspecified atom stereocenters. The highest BCUT2D eigenvalue weighted by Crippen LogP contribution is 1.70. The highest BCUT2D eigenvalue weighted by atomic mass is 16.4. The molecule has 58 valence electrons. The first-order chi connectivity index (χ1) is 6.04. The van der Waals surface area contributed by atoms with Crippen molar-refractivity contribution in [3.8, 4) is 6.07 Å². The molecule has 4 heteroatoms. The fourth-order valence-corrected chi connectivity index (χ4v) is 0.0500. The van der Waals surface area contributed by atoms with Crippen LogP contribution in [-0.2, 0) is 0 Å². The average molecular weight is 147 g/mol. The first kappa shape index (κ1) is 4.56. The SMILES string of the molecule is [2H]C([2H])(C)/C(N)=N/O.[2H]C([2H])(C)C#N. The lowest BCUT2D eigenvalue weighted by molar-refractivity contribution is 0.317. The van der Waals surface area contributed by atoms with Crippen LogP contribution in [0.5, 0.6) is 0 Å². The number of amidine groups is 1. The summed E-state index contributed by atoms with van der Waals surface area (Å²) in [5, 5.41) is 18.2. The van der Waals surface area contributed by atoms with Gasteiger partial charge in [-0.3, -0.25) is 0 Å². The third-order valence-electron chi connectivity index (χ3n) is 0.476. The second kappa shape index (κ2) is 10.7. The van der Waals surface area contributed by atoms with Crippen molar-refractivity contribution in [3.05, 3.63) is 0 Å². The summed E-state index contributed by atoms with van der Waals surface area (Å²) in [5.74, 6) is -0.405. The van der Waals surface area contributed by atoms with E-state index in [0.717, 1.165) is 0 Å². The fraction of sp³-hybridized carbons (Fsp3) is 0.667. The quantitative estimate of drug-likeness (QED) is 0.252. The maximum Gasteiger partial charge on any atom is 0.138 e. The second-order valence-electron chi connectivity index (χ2n) is 1.10.